The quantitative estimate of drug-likeness (QED) is 0.0310. The van der Waals surface area contributed by atoms with Gasteiger partial charge in [0.25, 0.3) is 0 Å². The molecular formula is C55H97NO18. The van der Waals surface area contributed by atoms with E-state index in [0.29, 0.717) is 12.8 Å². The molecule has 0 bridgehead atoms. The van der Waals surface area contributed by atoms with E-state index in [2.05, 4.69) is 55.6 Å². The van der Waals surface area contributed by atoms with Crippen molar-refractivity contribution in [2.45, 2.75) is 266 Å². The summed E-state index contributed by atoms with van der Waals surface area (Å²) in [6.07, 6.45) is 13.9. The summed E-state index contributed by atoms with van der Waals surface area (Å²) in [6, 6.07) is -0.996. The Kier molecular flexibility index (Phi) is 34.9. The molecule has 430 valence electrons. The van der Waals surface area contributed by atoms with Gasteiger partial charge < -0.3 is 89.9 Å². The molecule has 3 aliphatic heterocycles. The molecule has 19 heteroatoms. The molecule has 3 heterocycles. The highest BCUT2D eigenvalue weighted by Gasteiger charge is 2.53. The summed E-state index contributed by atoms with van der Waals surface area (Å²) in [4.78, 5) is 13.3. The maximum absolute atomic E-state index is 13.3. The van der Waals surface area contributed by atoms with Crippen LogP contribution in [0.25, 0.3) is 0 Å². The van der Waals surface area contributed by atoms with Gasteiger partial charge in [0.2, 0.25) is 5.91 Å². The summed E-state index contributed by atoms with van der Waals surface area (Å²) in [5.74, 6) is -0.303. The molecule has 12 N–H and O–H groups in total. The Morgan fingerprint density at radius 2 is 0.919 bits per heavy atom. The molecule has 0 radical (unpaired) electrons. The van der Waals surface area contributed by atoms with Crippen molar-refractivity contribution < 1.29 is 89.4 Å². The Balaban J connectivity index is 1.56. The van der Waals surface area contributed by atoms with Gasteiger partial charge in [0, 0.05) is 6.42 Å². The van der Waals surface area contributed by atoms with Crippen molar-refractivity contribution in [2.24, 2.45) is 0 Å². The molecule has 17 atom stereocenters. The van der Waals surface area contributed by atoms with Crippen LogP contribution in [-0.4, -0.2) is 193 Å². The summed E-state index contributed by atoms with van der Waals surface area (Å²) < 4.78 is 34.1. The van der Waals surface area contributed by atoms with E-state index in [4.69, 9.17) is 28.4 Å². The molecule has 3 aliphatic rings. The minimum Gasteiger partial charge on any atom is -0.394 e. The summed E-state index contributed by atoms with van der Waals surface area (Å²) in [5, 5.41) is 120. The fourth-order valence-corrected chi connectivity index (χ4v) is 9.16. The standard InChI is InChI=1S/C55H97NO18/c1-3-5-7-9-11-13-15-17-19-20-22-24-26-28-30-32-39(60)38(56-43(61)33-31-29-27-25-23-21-18-16-14-12-10-8-6-4-2)37-69-53-49(67)46(64)51(41(35-58)71-53)74-55-50(68)47(65)52(42(36-59)72-55)73-54-48(66)45(63)44(62)40(34-57)70-54/h10,12,16,18,22,24,30,32,38-42,44-55,57-60,62-68H,3-9,11,13-15,17,19-21,23,25-29,31,33-37H2,1-2H3,(H,56,61)/b12-10-,18-16-,24-22+,32-30+. The first-order chi connectivity index (χ1) is 35.8. The van der Waals surface area contributed by atoms with Crippen molar-refractivity contribution in [3.8, 4) is 0 Å². The van der Waals surface area contributed by atoms with Crippen LogP contribution in [0.3, 0.4) is 0 Å². The first-order valence-electron chi connectivity index (χ1n) is 27.9. The Morgan fingerprint density at radius 3 is 1.47 bits per heavy atom. The monoisotopic (exact) mass is 1060 g/mol. The zero-order valence-electron chi connectivity index (χ0n) is 44.3. The average Bonchev–Trinajstić information content (AvgIpc) is 3.40. The summed E-state index contributed by atoms with van der Waals surface area (Å²) in [6.45, 7) is 1.61. The van der Waals surface area contributed by atoms with Crippen LogP contribution in [0, 0.1) is 0 Å². The number of nitrogens with one attached hydrogen (secondary N) is 1. The molecule has 19 nitrogen and oxygen atoms in total. The summed E-state index contributed by atoms with van der Waals surface area (Å²) in [5.41, 5.74) is 0. The summed E-state index contributed by atoms with van der Waals surface area (Å²) >= 11 is 0. The van der Waals surface area contributed by atoms with Gasteiger partial charge in [-0.2, -0.15) is 0 Å². The van der Waals surface area contributed by atoms with Crippen LogP contribution in [0.2, 0.25) is 0 Å². The topological polar surface area (TPSA) is 307 Å². The molecule has 0 spiro atoms. The Hall–Kier alpha value is -2.25. The number of hydrogen-bond donors (Lipinski definition) is 12. The second-order valence-electron chi connectivity index (χ2n) is 20.0. The fraction of sp³-hybridized carbons (Fsp3) is 0.836. The molecule has 0 saturated carbocycles. The van der Waals surface area contributed by atoms with E-state index in [0.717, 1.165) is 64.2 Å². The lowest BCUT2D eigenvalue weighted by Gasteiger charge is -2.48. The van der Waals surface area contributed by atoms with Gasteiger partial charge in [-0.05, 0) is 57.8 Å². The van der Waals surface area contributed by atoms with E-state index in [-0.39, 0.29) is 18.9 Å². The SMILES string of the molecule is CCCC/C=C\C/C=C\CCCCCCCC(=O)NC(COC1OC(CO)C(OC2OC(CO)C(OC3OC(CO)C(O)C(O)C3O)C(O)C2O)C(O)C1O)C(O)/C=C/CC/C=C/CCCCCCCCCCC. The number of allylic oxidation sites excluding steroid dienone is 7. The number of unbranched alkanes of at least 4 members (excludes halogenated alkanes) is 17. The number of ether oxygens (including phenoxy) is 6. The maximum atomic E-state index is 13.3. The van der Waals surface area contributed by atoms with Gasteiger partial charge in [-0.3, -0.25) is 4.79 Å². The smallest absolute Gasteiger partial charge is 0.220 e. The molecule has 0 aromatic rings. The number of carbonyl (C=O) groups excluding carboxylic acids is 1. The number of hydrogen-bond acceptors (Lipinski definition) is 18. The van der Waals surface area contributed by atoms with E-state index in [9.17, 15) is 61.0 Å². The van der Waals surface area contributed by atoms with E-state index in [1.165, 1.54) is 64.2 Å². The predicted molar refractivity (Wildman–Crippen MR) is 277 cm³/mol. The largest absolute Gasteiger partial charge is 0.394 e. The van der Waals surface area contributed by atoms with Crippen LogP contribution in [-0.2, 0) is 33.2 Å². The van der Waals surface area contributed by atoms with Crippen LogP contribution < -0.4 is 5.32 Å². The minimum absolute atomic E-state index is 0.218. The lowest BCUT2D eigenvalue weighted by molar-refractivity contribution is -0.379. The van der Waals surface area contributed by atoms with Crippen LogP contribution in [0.4, 0.5) is 0 Å². The lowest BCUT2D eigenvalue weighted by atomic mass is 9.96. The van der Waals surface area contributed by atoms with E-state index >= 15 is 0 Å². The van der Waals surface area contributed by atoms with E-state index in [1.807, 2.05) is 6.08 Å². The first kappa shape index (κ1) is 66.0. The van der Waals surface area contributed by atoms with Crippen molar-refractivity contribution in [3.05, 3.63) is 48.6 Å². The fourth-order valence-electron chi connectivity index (χ4n) is 9.16. The highest BCUT2D eigenvalue weighted by Crippen LogP contribution is 2.33. The molecule has 0 aromatic carbocycles. The Morgan fingerprint density at radius 1 is 0.486 bits per heavy atom. The van der Waals surface area contributed by atoms with Gasteiger partial charge in [-0.25, -0.2) is 0 Å². The molecule has 3 fully saturated rings. The molecule has 0 aromatic heterocycles. The zero-order valence-corrected chi connectivity index (χ0v) is 44.3. The van der Waals surface area contributed by atoms with Gasteiger partial charge >= 0.3 is 0 Å². The third-order valence-corrected chi connectivity index (χ3v) is 13.8. The van der Waals surface area contributed by atoms with Crippen LogP contribution in [0.15, 0.2) is 48.6 Å². The van der Waals surface area contributed by atoms with Crippen molar-refractivity contribution >= 4 is 5.91 Å². The van der Waals surface area contributed by atoms with Gasteiger partial charge in [-0.15, -0.1) is 0 Å². The van der Waals surface area contributed by atoms with Gasteiger partial charge in [-0.1, -0.05) is 146 Å². The van der Waals surface area contributed by atoms with E-state index < -0.39 is 124 Å². The number of aliphatic hydroxyl groups is 11. The number of carbonyl (C=O) groups is 1. The molecule has 17 unspecified atom stereocenters. The van der Waals surface area contributed by atoms with E-state index in [1.54, 1.807) is 6.08 Å². The highest BCUT2D eigenvalue weighted by atomic mass is 16.8. The molecule has 3 rings (SSSR count). The maximum Gasteiger partial charge on any atom is 0.220 e. The molecule has 0 aliphatic carbocycles. The van der Waals surface area contributed by atoms with Crippen molar-refractivity contribution in [3.63, 3.8) is 0 Å². The van der Waals surface area contributed by atoms with Crippen LogP contribution >= 0.6 is 0 Å². The molecule has 3 saturated heterocycles. The molecule has 74 heavy (non-hydrogen) atoms. The number of rotatable bonds is 39. The van der Waals surface area contributed by atoms with Crippen LogP contribution in [0.1, 0.15) is 162 Å². The third kappa shape index (κ3) is 23.8. The Bertz CT molecular complexity index is 1550. The molecular weight excluding hydrogens is 963 g/mol. The van der Waals surface area contributed by atoms with Crippen molar-refractivity contribution in [2.75, 3.05) is 26.4 Å². The number of aliphatic hydroxyl groups excluding tert-OH is 11. The second-order valence-corrected chi connectivity index (χ2v) is 20.0. The minimum atomic E-state index is -1.98. The molecule has 1 amide bonds. The van der Waals surface area contributed by atoms with Gasteiger partial charge in [0.05, 0.1) is 38.6 Å². The second kappa shape index (κ2) is 39.2. The Labute approximate surface area is 440 Å². The normalized spacial score (nSPS) is 31.8. The van der Waals surface area contributed by atoms with Gasteiger partial charge in [0.1, 0.15) is 73.2 Å². The lowest BCUT2D eigenvalue weighted by Crippen LogP contribution is -2.66. The summed E-state index contributed by atoms with van der Waals surface area (Å²) in [7, 11) is 0. The zero-order chi connectivity index (χ0) is 54.1. The van der Waals surface area contributed by atoms with Crippen molar-refractivity contribution in [1.29, 1.82) is 0 Å². The van der Waals surface area contributed by atoms with Gasteiger partial charge in [0.15, 0.2) is 18.9 Å². The predicted octanol–water partition coefficient (Wildman–Crippen LogP) is 3.53. The average molecular weight is 1060 g/mol. The third-order valence-electron chi connectivity index (χ3n) is 13.8. The number of amides is 1. The van der Waals surface area contributed by atoms with Crippen molar-refractivity contribution in [1.82, 2.24) is 5.32 Å². The van der Waals surface area contributed by atoms with Crippen LogP contribution in [0.5, 0.6) is 0 Å². The highest BCUT2D eigenvalue weighted by molar-refractivity contribution is 5.76. The first-order valence-corrected chi connectivity index (χ1v) is 27.9.